The Morgan fingerprint density at radius 2 is 2.27 bits per heavy atom. The van der Waals surface area contributed by atoms with Crippen molar-refractivity contribution in [2.75, 3.05) is 11.9 Å². The minimum absolute atomic E-state index is 0.143. The highest BCUT2D eigenvalue weighted by Gasteiger charge is 2.28. The van der Waals surface area contributed by atoms with Gasteiger partial charge >= 0.3 is 0 Å². The topological polar surface area (TPSA) is 34.2 Å². The van der Waals surface area contributed by atoms with Gasteiger partial charge in [0.2, 0.25) is 0 Å². The molecule has 1 N–H and O–H groups in total. The maximum absolute atomic E-state index is 12.9. The predicted octanol–water partition coefficient (Wildman–Crippen LogP) is 4.75. The summed E-state index contributed by atoms with van der Waals surface area (Å²) in [4.78, 5) is 4.71. The van der Waals surface area contributed by atoms with E-state index in [1.54, 1.807) is 6.07 Å². The summed E-state index contributed by atoms with van der Waals surface area (Å²) in [5, 5.41) is 3.55. The molecule has 1 unspecified atom stereocenters. The number of aryl methyl sites for hydroxylation is 1. The van der Waals surface area contributed by atoms with Crippen molar-refractivity contribution in [2.24, 2.45) is 0 Å². The highest BCUT2D eigenvalue weighted by Crippen LogP contribution is 2.41. The van der Waals surface area contributed by atoms with Crippen LogP contribution in [0.1, 0.15) is 29.0 Å². The van der Waals surface area contributed by atoms with E-state index < -0.39 is 0 Å². The maximum Gasteiger partial charge on any atom is 0.147 e. The van der Waals surface area contributed by atoms with E-state index in [-0.39, 0.29) is 17.3 Å². The lowest BCUT2D eigenvalue weighted by atomic mass is 9.91. The van der Waals surface area contributed by atoms with Gasteiger partial charge in [-0.3, -0.25) is 0 Å². The van der Waals surface area contributed by atoms with Crippen LogP contribution in [0.3, 0.4) is 0 Å². The van der Waals surface area contributed by atoms with E-state index in [1.807, 2.05) is 12.1 Å². The first-order valence-electron chi connectivity index (χ1n) is 7.22. The Kier molecular flexibility index (Phi) is 3.62. The number of nitrogens with one attached hydrogen (secondary N) is 1. The van der Waals surface area contributed by atoms with Crippen LogP contribution in [0.2, 0.25) is 5.15 Å². The largest absolute Gasteiger partial charge is 0.493 e. The number of rotatable bonds is 1. The molecule has 2 aliphatic heterocycles. The van der Waals surface area contributed by atoms with Gasteiger partial charge in [-0.05, 0) is 36.1 Å². The van der Waals surface area contributed by atoms with Crippen molar-refractivity contribution in [3.05, 3.63) is 46.1 Å². The van der Waals surface area contributed by atoms with Crippen LogP contribution in [0.25, 0.3) is 0 Å². The molecule has 0 bridgehead atoms. The van der Waals surface area contributed by atoms with Crippen molar-refractivity contribution in [1.29, 1.82) is 0 Å². The molecule has 6 heteroatoms. The monoisotopic (exact) mass is 336 g/mol. The number of halogens is 2. The smallest absolute Gasteiger partial charge is 0.147 e. The van der Waals surface area contributed by atoms with E-state index in [2.05, 4.69) is 16.4 Å². The van der Waals surface area contributed by atoms with Crippen molar-refractivity contribution < 1.29 is 8.62 Å². The second-order valence-electron chi connectivity index (χ2n) is 5.59. The molecule has 1 atom stereocenters. The first-order chi connectivity index (χ1) is 10.8. The summed E-state index contributed by atoms with van der Waals surface area (Å²) in [6, 6.07) is 7.96. The van der Waals surface area contributed by atoms with Crippen molar-refractivity contribution >= 4 is 29.6 Å². The Balaban J connectivity index is 1.76. The molecule has 0 saturated heterocycles. The van der Waals surface area contributed by atoms with Crippen LogP contribution in [0, 0.1) is 0 Å². The minimum atomic E-state index is 0.143. The fourth-order valence-electron chi connectivity index (χ4n) is 3.25. The van der Waals surface area contributed by atoms with Gasteiger partial charge in [-0.1, -0.05) is 23.7 Å². The van der Waals surface area contributed by atoms with Gasteiger partial charge in [-0.15, -0.1) is 0 Å². The molecule has 0 spiro atoms. The number of hydrogen-bond donors (Lipinski definition) is 1. The maximum atomic E-state index is 12.9. The summed E-state index contributed by atoms with van der Waals surface area (Å²) in [5.41, 5.74) is 3.54. The van der Waals surface area contributed by atoms with Gasteiger partial charge in [0.1, 0.15) is 16.7 Å². The lowest BCUT2D eigenvalue weighted by Crippen LogP contribution is -2.05. The average Bonchev–Trinajstić information content (AvgIpc) is 2.97. The van der Waals surface area contributed by atoms with Gasteiger partial charge in [-0.25, -0.2) is 4.98 Å². The zero-order valence-electron chi connectivity index (χ0n) is 11.7. The van der Waals surface area contributed by atoms with Crippen molar-refractivity contribution in [1.82, 2.24) is 4.98 Å². The number of aromatic nitrogens is 1. The zero-order valence-corrected chi connectivity index (χ0v) is 13.3. The molecule has 0 fully saturated rings. The van der Waals surface area contributed by atoms with Crippen molar-refractivity contribution in [3.63, 3.8) is 0 Å². The van der Waals surface area contributed by atoms with E-state index >= 15 is 0 Å². The molecule has 2 aliphatic rings. The molecule has 0 amide bonds. The molecule has 4 rings (SSSR count). The summed E-state index contributed by atoms with van der Waals surface area (Å²) < 4.78 is 18.7. The number of anilines is 1. The molecule has 3 heterocycles. The number of nitrogens with zero attached hydrogens (tertiary/aromatic N) is 1. The summed E-state index contributed by atoms with van der Waals surface area (Å²) in [6.45, 7) is 1.38. The number of ether oxygens (including phenoxy) is 1. The fraction of sp³-hybridized carbons (Fsp3) is 0.312. The van der Waals surface area contributed by atoms with E-state index in [4.69, 9.17) is 16.3 Å². The zero-order chi connectivity index (χ0) is 15.1. The summed E-state index contributed by atoms with van der Waals surface area (Å²) >= 11 is 6.17. The Labute approximate surface area is 137 Å². The van der Waals surface area contributed by atoms with Crippen molar-refractivity contribution in [2.45, 2.75) is 30.2 Å². The van der Waals surface area contributed by atoms with Crippen LogP contribution in [0.4, 0.5) is 9.70 Å². The van der Waals surface area contributed by atoms with Gasteiger partial charge in [0.15, 0.2) is 0 Å². The number of hydrogen-bond acceptors (Lipinski definition) is 4. The third-order valence-electron chi connectivity index (χ3n) is 4.32. The van der Waals surface area contributed by atoms with Crippen LogP contribution in [0.15, 0.2) is 29.2 Å². The second-order valence-corrected chi connectivity index (χ2v) is 6.54. The Bertz CT molecular complexity index is 740. The molecule has 0 saturated carbocycles. The fourth-order valence-corrected chi connectivity index (χ4v) is 3.77. The van der Waals surface area contributed by atoms with Gasteiger partial charge in [-0.2, -0.15) is 3.89 Å². The van der Waals surface area contributed by atoms with Gasteiger partial charge in [0.25, 0.3) is 0 Å². The molecule has 3 nitrogen and oxygen atoms in total. The van der Waals surface area contributed by atoms with Crippen LogP contribution in [0.5, 0.6) is 5.75 Å². The molecule has 0 aliphatic carbocycles. The number of benzene rings is 1. The van der Waals surface area contributed by atoms with Crippen LogP contribution in [-0.2, 0) is 13.0 Å². The summed E-state index contributed by atoms with van der Waals surface area (Å²) in [5.74, 6) is 2.12. The van der Waals surface area contributed by atoms with E-state index in [0.29, 0.717) is 24.0 Å². The van der Waals surface area contributed by atoms with E-state index in [9.17, 15) is 3.89 Å². The van der Waals surface area contributed by atoms with Gasteiger partial charge in [0.05, 0.1) is 23.7 Å². The molecular formula is C16H14ClFN2OS. The average molecular weight is 337 g/mol. The van der Waals surface area contributed by atoms with Crippen LogP contribution in [-0.4, -0.2) is 11.6 Å². The lowest BCUT2D eigenvalue weighted by molar-refractivity contribution is 0.325. The van der Waals surface area contributed by atoms with Crippen LogP contribution >= 0.6 is 23.7 Å². The van der Waals surface area contributed by atoms with Gasteiger partial charge in [0, 0.05) is 18.0 Å². The third kappa shape index (κ3) is 2.32. The second kappa shape index (κ2) is 5.63. The highest BCUT2D eigenvalue weighted by molar-refractivity contribution is 7.94. The molecule has 1 aromatic heterocycles. The lowest BCUT2D eigenvalue weighted by Gasteiger charge is -2.12. The predicted molar refractivity (Wildman–Crippen MR) is 86.5 cm³/mol. The molecular weight excluding hydrogens is 323 g/mol. The molecule has 22 heavy (non-hydrogen) atoms. The SMILES string of the molecule is FSc1cc2c(nc1Cl)NCc1cccc3c1C(CC2)CO3. The molecule has 0 radical (unpaired) electrons. The van der Waals surface area contributed by atoms with E-state index in [1.165, 1.54) is 11.1 Å². The molecule has 2 aromatic rings. The summed E-state index contributed by atoms with van der Waals surface area (Å²) in [6.07, 6.45) is 1.78. The van der Waals surface area contributed by atoms with Crippen molar-refractivity contribution in [3.8, 4) is 5.75 Å². The molecule has 1 aromatic carbocycles. The Morgan fingerprint density at radius 1 is 1.36 bits per heavy atom. The molecule has 114 valence electrons. The highest BCUT2D eigenvalue weighted by atomic mass is 35.5. The minimum Gasteiger partial charge on any atom is -0.493 e. The quantitative estimate of drug-likeness (QED) is 0.762. The van der Waals surface area contributed by atoms with Crippen LogP contribution < -0.4 is 10.1 Å². The third-order valence-corrected chi connectivity index (χ3v) is 5.20. The standard InChI is InChI=1S/C16H14ClFN2OS/c17-15-13(22-18)6-9-4-5-11-8-21-12-3-1-2-10(14(11)12)7-19-16(9)20-15/h1-3,6,11H,4-5,7-8H2,(H,19,20). The van der Waals surface area contributed by atoms with E-state index in [0.717, 1.165) is 30.0 Å². The number of pyridine rings is 1. The summed E-state index contributed by atoms with van der Waals surface area (Å²) in [7, 11) is 0. The normalized spacial score (nSPS) is 19.1. The first kappa shape index (κ1) is 14.2. The van der Waals surface area contributed by atoms with Gasteiger partial charge < -0.3 is 10.1 Å². The Hall–Kier alpha value is -1.46. The number of fused-ring (bicyclic) bond motifs is 1. The Morgan fingerprint density at radius 3 is 3.14 bits per heavy atom. The first-order valence-corrected chi connectivity index (χ1v) is 8.32.